The predicted octanol–water partition coefficient (Wildman–Crippen LogP) is 5.69. The molecule has 0 unspecified atom stereocenters. The van der Waals surface area contributed by atoms with Crippen molar-refractivity contribution in [2.24, 2.45) is 0 Å². The smallest absolute Gasteiger partial charge is 0.358 e. The number of aromatic nitrogens is 2. The van der Waals surface area contributed by atoms with Crippen LogP contribution in [0.3, 0.4) is 0 Å². The molecular formula is C26H20BrF2N3O3. The van der Waals surface area contributed by atoms with E-state index in [9.17, 15) is 18.4 Å². The van der Waals surface area contributed by atoms with Crippen LogP contribution in [0, 0.1) is 11.6 Å². The fourth-order valence-electron chi connectivity index (χ4n) is 3.40. The Balaban J connectivity index is 1.57. The van der Waals surface area contributed by atoms with Gasteiger partial charge in [-0.05, 0) is 67.1 Å². The van der Waals surface area contributed by atoms with Gasteiger partial charge in [0.1, 0.15) is 0 Å². The van der Waals surface area contributed by atoms with E-state index < -0.39 is 17.6 Å². The summed E-state index contributed by atoms with van der Waals surface area (Å²) in [6.45, 7) is 2.00. The third kappa shape index (κ3) is 5.63. The van der Waals surface area contributed by atoms with Crippen LogP contribution in [0.5, 0.6) is 0 Å². The van der Waals surface area contributed by atoms with E-state index in [-0.39, 0.29) is 24.8 Å². The van der Waals surface area contributed by atoms with Crippen molar-refractivity contribution < 1.29 is 23.1 Å². The van der Waals surface area contributed by atoms with Gasteiger partial charge in [0.2, 0.25) is 0 Å². The van der Waals surface area contributed by atoms with E-state index in [2.05, 4.69) is 26.3 Å². The van der Waals surface area contributed by atoms with E-state index in [4.69, 9.17) is 4.74 Å². The second-order valence-corrected chi connectivity index (χ2v) is 8.45. The lowest BCUT2D eigenvalue weighted by molar-refractivity contribution is 0.0518. The standard InChI is InChI=1S/C26H20BrF2N3O3/c1-2-35-26(34)23-14-24(17-4-8-19(27)9-5-17)32(31-23)20-10-6-18(7-11-20)25(33)30-15-16-3-12-21(28)22(29)13-16/h3-14H,2,15H2,1H3,(H,30,33). The van der Waals surface area contributed by atoms with Gasteiger partial charge in [-0.2, -0.15) is 5.10 Å². The van der Waals surface area contributed by atoms with Crippen molar-refractivity contribution in [2.75, 3.05) is 6.61 Å². The maximum absolute atomic E-state index is 13.4. The highest BCUT2D eigenvalue weighted by atomic mass is 79.9. The van der Waals surface area contributed by atoms with Crippen molar-refractivity contribution in [1.82, 2.24) is 15.1 Å². The molecule has 1 heterocycles. The molecule has 0 atom stereocenters. The number of rotatable bonds is 7. The number of esters is 1. The molecule has 0 aliphatic rings. The Bertz CT molecular complexity index is 1370. The average Bonchev–Trinajstić information content (AvgIpc) is 3.31. The molecule has 0 aliphatic heterocycles. The quantitative estimate of drug-likeness (QED) is 0.306. The zero-order chi connectivity index (χ0) is 24.9. The Hall–Kier alpha value is -3.85. The van der Waals surface area contributed by atoms with Crippen LogP contribution in [-0.2, 0) is 11.3 Å². The lowest BCUT2D eigenvalue weighted by Gasteiger charge is -2.10. The summed E-state index contributed by atoms with van der Waals surface area (Å²) in [6.07, 6.45) is 0. The first-order chi connectivity index (χ1) is 16.9. The fraction of sp³-hybridized carbons (Fsp3) is 0.115. The minimum atomic E-state index is -0.968. The van der Waals surface area contributed by atoms with E-state index in [1.165, 1.54) is 6.07 Å². The van der Waals surface area contributed by atoms with Crippen LogP contribution in [0.25, 0.3) is 16.9 Å². The van der Waals surface area contributed by atoms with Crippen molar-refractivity contribution >= 4 is 27.8 Å². The monoisotopic (exact) mass is 539 g/mol. The molecule has 4 aromatic rings. The van der Waals surface area contributed by atoms with E-state index in [1.54, 1.807) is 41.9 Å². The number of ether oxygens (including phenoxy) is 1. The first kappa shape index (κ1) is 24.3. The third-order valence-electron chi connectivity index (χ3n) is 5.15. The summed E-state index contributed by atoms with van der Waals surface area (Å²) < 4.78 is 34.1. The third-order valence-corrected chi connectivity index (χ3v) is 5.67. The number of amides is 1. The first-order valence-corrected chi connectivity index (χ1v) is 11.5. The summed E-state index contributed by atoms with van der Waals surface area (Å²) in [5.74, 6) is -2.81. The van der Waals surface area contributed by atoms with Crippen molar-refractivity contribution in [3.8, 4) is 16.9 Å². The van der Waals surface area contributed by atoms with E-state index in [0.717, 1.165) is 22.2 Å². The molecule has 9 heteroatoms. The average molecular weight is 540 g/mol. The zero-order valence-electron chi connectivity index (χ0n) is 18.6. The second kappa shape index (κ2) is 10.6. The summed E-state index contributed by atoms with van der Waals surface area (Å²) >= 11 is 3.42. The maximum Gasteiger partial charge on any atom is 0.358 e. The number of halogens is 3. The molecular weight excluding hydrogens is 520 g/mol. The number of nitrogens with zero attached hydrogens (tertiary/aromatic N) is 2. The van der Waals surface area contributed by atoms with Crippen molar-refractivity contribution in [3.63, 3.8) is 0 Å². The predicted molar refractivity (Wildman–Crippen MR) is 130 cm³/mol. The molecule has 0 saturated heterocycles. The molecule has 0 saturated carbocycles. The van der Waals surface area contributed by atoms with Crippen LogP contribution in [0.2, 0.25) is 0 Å². The molecule has 6 nitrogen and oxygen atoms in total. The molecule has 1 aromatic heterocycles. The van der Waals surface area contributed by atoms with Crippen LogP contribution in [0.15, 0.2) is 77.3 Å². The Morgan fingerprint density at radius 1 is 0.971 bits per heavy atom. The molecule has 1 amide bonds. The highest BCUT2D eigenvalue weighted by Gasteiger charge is 2.18. The number of benzene rings is 3. The normalized spacial score (nSPS) is 10.7. The van der Waals surface area contributed by atoms with Gasteiger partial charge >= 0.3 is 5.97 Å². The van der Waals surface area contributed by atoms with Gasteiger partial charge < -0.3 is 10.1 Å². The molecule has 35 heavy (non-hydrogen) atoms. The van der Waals surface area contributed by atoms with E-state index >= 15 is 0 Å². The maximum atomic E-state index is 13.4. The highest BCUT2D eigenvalue weighted by Crippen LogP contribution is 2.26. The number of carbonyl (C=O) groups is 2. The summed E-state index contributed by atoms with van der Waals surface area (Å²) in [6, 6.07) is 19.3. The van der Waals surface area contributed by atoms with Gasteiger partial charge in [-0.25, -0.2) is 18.3 Å². The summed E-state index contributed by atoms with van der Waals surface area (Å²) in [4.78, 5) is 24.8. The van der Waals surface area contributed by atoms with Gasteiger partial charge in [0.15, 0.2) is 17.3 Å². The lowest BCUT2D eigenvalue weighted by atomic mass is 10.1. The van der Waals surface area contributed by atoms with Crippen LogP contribution in [-0.4, -0.2) is 28.3 Å². The van der Waals surface area contributed by atoms with Crippen LogP contribution in [0.1, 0.15) is 33.3 Å². The van der Waals surface area contributed by atoms with E-state index in [1.807, 2.05) is 24.3 Å². The van der Waals surface area contributed by atoms with Crippen molar-refractivity contribution in [1.29, 1.82) is 0 Å². The summed E-state index contributed by atoms with van der Waals surface area (Å²) in [5, 5.41) is 7.11. The highest BCUT2D eigenvalue weighted by molar-refractivity contribution is 9.10. The molecule has 0 fully saturated rings. The molecule has 4 rings (SSSR count). The second-order valence-electron chi connectivity index (χ2n) is 7.53. The summed E-state index contributed by atoms with van der Waals surface area (Å²) in [7, 11) is 0. The van der Waals surface area contributed by atoms with E-state index in [0.29, 0.717) is 22.5 Å². The zero-order valence-corrected chi connectivity index (χ0v) is 20.2. The SMILES string of the molecule is CCOC(=O)c1cc(-c2ccc(Br)cc2)n(-c2ccc(C(=O)NCc3ccc(F)c(F)c3)cc2)n1. The van der Waals surface area contributed by atoms with Gasteiger partial charge in [-0.15, -0.1) is 0 Å². The lowest BCUT2D eigenvalue weighted by Crippen LogP contribution is -2.22. The largest absolute Gasteiger partial charge is 0.461 e. The first-order valence-electron chi connectivity index (χ1n) is 10.7. The topological polar surface area (TPSA) is 73.2 Å². The minimum Gasteiger partial charge on any atom is -0.461 e. The molecule has 0 spiro atoms. The molecule has 0 radical (unpaired) electrons. The van der Waals surface area contributed by atoms with Gasteiger partial charge in [0.25, 0.3) is 5.91 Å². The Morgan fingerprint density at radius 2 is 1.69 bits per heavy atom. The number of carbonyl (C=O) groups excluding carboxylic acids is 2. The fourth-order valence-corrected chi connectivity index (χ4v) is 3.66. The van der Waals surface area contributed by atoms with Gasteiger partial charge in [-0.3, -0.25) is 4.79 Å². The Labute approximate surface area is 208 Å². The number of nitrogens with one attached hydrogen (secondary N) is 1. The number of hydrogen-bond acceptors (Lipinski definition) is 4. The summed E-state index contributed by atoms with van der Waals surface area (Å²) in [5.41, 5.74) is 3.13. The minimum absolute atomic E-state index is 0.0492. The van der Waals surface area contributed by atoms with Gasteiger partial charge in [0.05, 0.1) is 18.0 Å². The van der Waals surface area contributed by atoms with Gasteiger partial charge in [-0.1, -0.05) is 34.1 Å². The number of hydrogen-bond donors (Lipinski definition) is 1. The molecule has 0 aliphatic carbocycles. The van der Waals surface area contributed by atoms with Crippen LogP contribution in [0.4, 0.5) is 8.78 Å². The van der Waals surface area contributed by atoms with Gasteiger partial charge in [0, 0.05) is 22.1 Å². The molecule has 3 aromatic carbocycles. The van der Waals surface area contributed by atoms with Crippen molar-refractivity contribution in [3.05, 3.63) is 106 Å². The molecule has 1 N–H and O–H groups in total. The van der Waals surface area contributed by atoms with Crippen LogP contribution < -0.4 is 5.32 Å². The molecule has 178 valence electrons. The Morgan fingerprint density at radius 3 is 2.34 bits per heavy atom. The molecule has 0 bridgehead atoms. The van der Waals surface area contributed by atoms with Crippen LogP contribution >= 0.6 is 15.9 Å². The van der Waals surface area contributed by atoms with Crippen molar-refractivity contribution in [2.45, 2.75) is 13.5 Å². The Kier molecular flexibility index (Phi) is 7.36.